The molecule has 0 aromatic heterocycles. The molecule has 0 amide bonds. The molecule has 9 heteroatoms. The van der Waals surface area contributed by atoms with Crippen LogP contribution >= 0.6 is 0 Å². The van der Waals surface area contributed by atoms with Gasteiger partial charge in [-0.2, -0.15) is 0 Å². The summed E-state index contributed by atoms with van der Waals surface area (Å²) in [5.41, 5.74) is 0. The summed E-state index contributed by atoms with van der Waals surface area (Å²) in [4.78, 5) is 10.5. The largest absolute Gasteiger partial charge is 2.00 e. The molecule has 2 atom stereocenters. The number of aliphatic hydroxyl groups excluding tert-OH is 4. The van der Waals surface area contributed by atoms with Crippen LogP contribution in [-0.4, -0.2) is 93.9 Å². The maximum Gasteiger partial charge on any atom is 2.00 e. The van der Waals surface area contributed by atoms with Gasteiger partial charge < -0.3 is 36.1 Å². The number of aliphatic hydroxyl groups is 4. The van der Waals surface area contributed by atoms with Crippen molar-refractivity contribution >= 4 is 43.7 Å². The third kappa shape index (κ3) is 4.11. The van der Waals surface area contributed by atoms with Crippen molar-refractivity contribution in [1.82, 2.24) is 0 Å². The van der Waals surface area contributed by atoms with E-state index < -0.39 is 36.3 Å². The maximum absolute atomic E-state index is 10.5. The molecule has 0 fully saturated rings. The molecule has 0 spiro atoms. The average molecular weight is 252 g/mol. The Morgan fingerprint density at radius 3 is 2.07 bits per heavy atom. The minimum atomic E-state index is -1.42. The summed E-state index contributed by atoms with van der Waals surface area (Å²) in [6.45, 7) is -0.671. The van der Waals surface area contributed by atoms with Crippen molar-refractivity contribution < 1.29 is 40.9 Å². The van der Waals surface area contributed by atoms with Crippen LogP contribution in [0, 0.1) is 0 Å². The van der Waals surface area contributed by atoms with Gasteiger partial charge in [0.15, 0.2) is 11.9 Å². The molecule has 0 saturated carbocycles. The molecule has 8 nitrogen and oxygen atoms in total. The van der Waals surface area contributed by atoms with E-state index in [1.54, 1.807) is 0 Å². The SMILES string of the molecule is O.O.O=C1O[C@H]([C@@H](O)CO)C(O)=C1O.[Ca+2]. The number of hydrogen-bond donors (Lipinski definition) is 4. The van der Waals surface area contributed by atoms with Crippen LogP contribution in [0.15, 0.2) is 11.5 Å². The van der Waals surface area contributed by atoms with E-state index in [-0.39, 0.29) is 48.7 Å². The first-order valence-corrected chi connectivity index (χ1v) is 3.20. The summed E-state index contributed by atoms with van der Waals surface area (Å²) in [5, 5.41) is 35.0. The molecule has 0 bridgehead atoms. The Morgan fingerprint density at radius 1 is 1.33 bits per heavy atom. The summed E-state index contributed by atoms with van der Waals surface area (Å²) >= 11 is 0. The van der Waals surface area contributed by atoms with E-state index >= 15 is 0 Å². The number of hydrogen-bond acceptors (Lipinski definition) is 6. The van der Waals surface area contributed by atoms with Gasteiger partial charge >= 0.3 is 43.7 Å². The molecule has 1 aliphatic heterocycles. The van der Waals surface area contributed by atoms with E-state index in [4.69, 9.17) is 20.4 Å². The fourth-order valence-electron chi connectivity index (χ4n) is 0.823. The first kappa shape index (κ1) is 20.3. The van der Waals surface area contributed by atoms with Crippen LogP contribution in [0.5, 0.6) is 0 Å². The van der Waals surface area contributed by atoms with Gasteiger partial charge in [-0.05, 0) is 0 Å². The second-order valence-electron chi connectivity index (χ2n) is 2.31. The minimum Gasteiger partial charge on any atom is -0.505 e. The fraction of sp³-hybridized carbons (Fsp3) is 0.500. The van der Waals surface area contributed by atoms with E-state index in [2.05, 4.69) is 4.74 Å². The number of carbonyl (C=O) groups excluding carboxylic acids is 1. The van der Waals surface area contributed by atoms with Gasteiger partial charge in [-0.15, -0.1) is 0 Å². The van der Waals surface area contributed by atoms with E-state index in [1.807, 2.05) is 0 Å². The molecule has 0 aromatic carbocycles. The first-order chi connectivity index (χ1) is 5.57. The van der Waals surface area contributed by atoms with Crippen LogP contribution in [0.2, 0.25) is 0 Å². The minimum absolute atomic E-state index is 0. The Hall–Kier alpha value is -0.0903. The molecule has 0 aromatic rings. The van der Waals surface area contributed by atoms with Crippen molar-refractivity contribution in [3.8, 4) is 0 Å². The van der Waals surface area contributed by atoms with E-state index in [0.29, 0.717) is 0 Å². The second kappa shape index (κ2) is 8.11. The van der Waals surface area contributed by atoms with Gasteiger partial charge in [0.25, 0.3) is 0 Å². The molecule has 8 N–H and O–H groups in total. The summed E-state index contributed by atoms with van der Waals surface area (Å²) in [5.74, 6) is -2.78. The molecule has 0 saturated heterocycles. The standard InChI is InChI=1S/C6H8O6.Ca.2H2O/c7-1-2(8)5-3(9)4(10)6(11)12-5;;;/h2,5,7-10H,1H2;;2*1H2/q;+2;;/t2-,5+;;;/m0.../s1. The Kier molecular flexibility index (Phi) is 11.0. The van der Waals surface area contributed by atoms with Gasteiger partial charge in [0.1, 0.15) is 6.10 Å². The van der Waals surface area contributed by atoms with Gasteiger partial charge in [-0.1, -0.05) is 0 Å². The maximum atomic E-state index is 10.5. The van der Waals surface area contributed by atoms with Crippen LogP contribution in [0.4, 0.5) is 0 Å². The summed E-state index contributed by atoms with van der Waals surface area (Å²) < 4.78 is 4.32. The summed E-state index contributed by atoms with van der Waals surface area (Å²) in [7, 11) is 0. The second-order valence-corrected chi connectivity index (χ2v) is 2.31. The normalized spacial score (nSPS) is 20.7. The number of cyclic esters (lactones) is 1. The van der Waals surface area contributed by atoms with Crippen LogP contribution in [-0.2, 0) is 9.53 Å². The van der Waals surface area contributed by atoms with Gasteiger partial charge in [-0.25, -0.2) is 4.79 Å². The number of ether oxygens (including phenoxy) is 1. The molecule has 1 heterocycles. The molecule has 1 rings (SSSR count). The van der Waals surface area contributed by atoms with Gasteiger partial charge in [0.05, 0.1) is 6.61 Å². The number of rotatable bonds is 2. The molecule has 0 radical (unpaired) electrons. The van der Waals surface area contributed by atoms with Gasteiger partial charge in [-0.3, -0.25) is 0 Å². The zero-order chi connectivity index (χ0) is 9.30. The Bertz CT molecular complexity index is 239. The molecule has 0 unspecified atom stereocenters. The van der Waals surface area contributed by atoms with Gasteiger partial charge in [0.2, 0.25) is 5.76 Å². The zero-order valence-corrected chi connectivity index (χ0v) is 9.88. The monoisotopic (exact) mass is 252 g/mol. The fourth-order valence-corrected chi connectivity index (χ4v) is 0.823. The van der Waals surface area contributed by atoms with Crippen LogP contribution in [0.25, 0.3) is 0 Å². The number of esters is 1. The smallest absolute Gasteiger partial charge is 0.505 e. The third-order valence-electron chi connectivity index (χ3n) is 1.48. The van der Waals surface area contributed by atoms with Crippen LogP contribution < -0.4 is 0 Å². The Balaban J connectivity index is -0.000000480. The van der Waals surface area contributed by atoms with Crippen LogP contribution in [0.3, 0.4) is 0 Å². The molecule has 84 valence electrons. The Morgan fingerprint density at radius 2 is 1.80 bits per heavy atom. The summed E-state index contributed by atoms with van der Waals surface area (Å²) in [6.07, 6.45) is -2.78. The van der Waals surface area contributed by atoms with E-state index in [9.17, 15) is 4.79 Å². The topological polar surface area (TPSA) is 170 Å². The van der Waals surface area contributed by atoms with Crippen molar-refractivity contribution in [2.24, 2.45) is 0 Å². The number of carbonyl (C=O) groups is 1. The van der Waals surface area contributed by atoms with Crippen molar-refractivity contribution in [2.75, 3.05) is 6.61 Å². The summed E-state index contributed by atoms with van der Waals surface area (Å²) in [6, 6.07) is 0. The average Bonchev–Trinajstić information content (AvgIpc) is 2.32. The van der Waals surface area contributed by atoms with Crippen molar-refractivity contribution in [2.45, 2.75) is 12.2 Å². The molecule has 0 aliphatic carbocycles. The first-order valence-electron chi connectivity index (χ1n) is 3.20. The zero-order valence-electron chi connectivity index (χ0n) is 7.67. The van der Waals surface area contributed by atoms with Gasteiger partial charge in [0, 0.05) is 0 Å². The van der Waals surface area contributed by atoms with Crippen molar-refractivity contribution in [1.29, 1.82) is 0 Å². The molecular weight excluding hydrogens is 240 g/mol. The van der Waals surface area contributed by atoms with E-state index in [1.165, 1.54) is 0 Å². The van der Waals surface area contributed by atoms with Crippen LogP contribution in [0.1, 0.15) is 0 Å². The predicted octanol–water partition coefficient (Wildman–Crippen LogP) is -3.44. The van der Waals surface area contributed by atoms with Crippen molar-refractivity contribution in [3.63, 3.8) is 0 Å². The molecule has 15 heavy (non-hydrogen) atoms. The predicted molar refractivity (Wildman–Crippen MR) is 48.2 cm³/mol. The molecular formula is C6H12CaO8+2. The van der Waals surface area contributed by atoms with Crippen molar-refractivity contribution in [3.05, 3.63) is 11.5 Å². The molecule has 1 aliphatic rings. The third-order valence-corrected chi connectivity index (χ3v) is 1.48. The quantitative estimate of drug-likeness (QED) is 0.294. The Labute approximate surface area is 114 Å². The van der Waals surface area contributed by atoms with E-state index in [0.717, 1.165) is 0 Å².